The zero-order chi connectivity index (χ0) is 12.6. The number of nitrogens with one attached hydrogen (secondary N) is 1. The Kier molecular flexibility index (Phi) is 6.60. The number of hydrogen-bond acceptors (Lipinski definition) is 3. The average Bonchev–Trinajstić information content (AvgIpc) is 2.71. The van der Waals surface area contributed by atoms with Crippen molar-refractivity contribution in [3.63, 3.8) is 0 Å². The van der Waals surface area contributed by atoms with Gasteiger partial charge in [0.05, 0.1) is 27.5 Å². The van der Waals surface area contributed by atoms with Crippen LogP contribution in [0.4, 0.5) is 0 Å². The number of rotatable bonds is 4. The molecule has 0 aromatic carbocycles. The first-order valence-electron chi connectivity index (χ1n) is 5.30. The van der Waals surface area contributed by atoms with Crippen molar-refractivity contribution in [2.75, 3.05) is 27.7 Å². The number of carbonyl (C=O) groups excluding carboxylic acids is 1. The summed E-state index contributed by atoms with van der Waals surface area (Å²) in [6.45, 7) is 2.26. The minimum Gasteiger partial charge on any atom is -0.380 e. The Morgan fingerprint density at radius 2 is 2.12 bits per heavy atom. The van der Waals surface area contributed by atoms with Crippen molar-refractivity contribution in [2.24, 2.45) is 0 Å². The van der Waals surface area contributed by atoms with Gasteiger partial charge in [0.2, 0.25) is 0 Å². The van der Waals surface area contributed by atoms with Crippen LogP contribution in [0, 0.1) is 0 Å². The summed E-state index contributed by atoms with van der Waals surface area (Å²) in [5.41, 5.74) is 0. The highest BCUT2D eigenvalue weighted by Crippen LogP contribution is 1.97. The fourth-order valence-electron chi connectivity index (χ4n) is 1.07. The lowest BCUT2D eigenvalue weighted by Crippen LogP contribution is -2.44. The third kappa shape index (κ3) is 8.14. The Bertz CT molecular complexity index is 261. The number of H-pyrrole nitrogens is 1. The number of carbonyl (C=O) groups is 1. The number of aromatic amines is 1. The topological polar surface area (TPSA) is 66.0 Å². The van der Waals surface area contributed by atoms with Crippen LogP contribution in [0.1, 0.15) is 13.3 Å². The molecule has 2 N–H and O–H groups in total. The van der Waals surface area contributed by atoms with E-state index in [9.17, 15) is 9.90 Å². The fourth-order valence-corrected chi connectivity index (χ4v) is 1.07. The number of imidazole rings is 1. The highest BCUT2D eigenvalue weighted by molar-refractivity contribution is 5.82. The zero-order valence-corrected chi connectivity index (χ0v) is 10.5. The van der Waals surface area contributed by atoms with Gasteiger partial charge in [-0.3, -0.25) is 4.79 Å². The van der Waals surface area contributed by atoms with Crippen molar-refractivity contribution >= 4 is 5.78 Å². The summed E-state index contributed by atoms with van der Waals surface area (Å²) >= 11 is 0. The zero-order valence-electron chi connectivity index (χ0n) is 10.5. The van der Waals surface area contributed by atoms with Crippen molar-refractivity contribution in [1.29, 1.82) is 0 Å². The number of nitrogens with zero attached hydrogens (tertiary/aromatic N) is 2. The maximum Gasteiger partial charge on any atom is 0.166 e. The molecule has 1 rings (SSSR count). The monoisotopic (exact) mass is 228 g/mol. The Labute approximate surface area is 96.7 Å². The first-order chi connectivity index (χ1) is 7.37. The molecule has 0 fully saturated rings. The van der Waals surface area contributed by atoms with Crippen LogP contribution in [0.5, 0.6) is 0 Å². The summed E-state index contributed by atoms with van der Waals surface area (Å²) in [5.74, 6) is -0.0712. The number of hydrogen-bond donors (Lipinski definition) is 2. The molecule has 16 heavy (non-hydrogen) atoms. The molecule has 1 heterocycles. The molecule has 0 aliphatic heterocycles. The molecule has 92 valence electrons. The van der Waals surface area contributed by atoms with Crippen LogP contribution < -0.4 is 0 Å². The highest BCUT2D eigenvalue weighted by atomic mass is 16.3. The van der Waals surface area contributed by atoms with Crippen LogP contribution in [0.15, 0.2) is 18.7 Å². The molecule has 1 aromatic heterocycles. The maximum atomic E-state index is 10.9. The number of Topliss-reactive ketones (excluding diaryl/α,β-unsaturated/α-hetero) is 1. The van der Waals surface area contributed by atoms with E-state index in [0.29, 0.717) is 17.4 Å². The lowest BCUT2D eigenvalue weighted by molar-refractivity contribution is -0.872. The Balaban J connectivity index is 0.000000368. The molecule has 0 aliphatic rings. The quantitative estimate of drug-likeness (QED) is 0.735. The van der Waals surface area contributed by atoms with Crippen LogP contribution in [0.2, 0.25) is 0 Å². The van der Waals surface area contributed by atoms with Gasteiger partial charge < -0.3 is 14.6 Å². The molecule has 0 radical (unpaired) electrons. The van der Waals surface area contributed by atoms with E-state index in [1.807, 2.05) is 21.1 Å². The van der Waals surface area contributed by atoms with Gasteiger partial charge in [0.1, 0.15) is 6.54 Å². The second-order valence-electron chi connectivity index (χ2n) is 4.57. The normalized spacial score (nSPS) is 12.6. The number of aliphatic hydroxyl groups is 1. The fraction of sp³-hybridized carbons (Fsp3) is 0.636. The minimum atomic E-state index is -0.792. The van der Waals surface area contributed by atoms with Gasteiger partial charge in [-0.15, -0.1) is 0 Å². The molecule has 1 unspecified atom stereocenters. The third-order valence-electron chi connectivity index (χ3n) is 1.85. The number of quaternary nitrogens is 1. The maximum absolute atomic E-state index is 10.9. The van der Waals surface area contributed by atoms with E-state index in [2.05, 4.69) is 9.97 Å². The van der Waals surface area contributed by atoms with Gasteiger partial charge in [0.15, 0.2) is 11.9 Å². The molecule has 5 nitrogen and oxygen atoms in total. The summed E-state index contributed by atoms with van der Waals surface area (Å²) in [4.78, 5) is 17.3. The predicted molar refractivity (Wildman–Crippen MR) is 62.8 cm³/mol. The Hall–Kier alpha value is -1.20. The SMILES string of the molecule is CCC(=O)C(O)C[N+](C)(C)C.c1c[nH]cn1. The number of ketones is 1. The Morgan fingerprint density at radius 1 is 1.50 bits per heavy atom. The molecule has 0 saturated heterocycles. The minimum absolute atomic E-state index is 0.0712. The lowest BCUT2D eigenvalue weighted by atomic mass is 10.2. The molecule has 0 spiro atoms. The van der Waals surface area contributed by atoms with Crippen LogP contribution in [0.3, 0.4) is 0 Å². The lowest BCUT2D eigenvalue weighted by Gasteiger charge is -2.25. The molecule has 0 aliphatic carbocycles. The number of likely N-dealkylation sites (N-methyl/N-ethyl adjacent to an activating group) is 1. The van der Waals surface area contributed by atoms with E-state index in [4.69, 9.17) is 0 Å². The molecular formula is C11H22N3O2+. The first kappa shape index (κ1) is 14.8. The van der Waals surface area contributed by atoms with E-state index in [-0.39, 0.29) is 5.78 Å². The second-order valence-corrected chi connectivity index (χ2v) is 4.57. The third-order valence-corrected chi connectivity index (χ3v) is 1.85. The van der Waals surface area contributed by atoms with Gasteiger partial charge in [0.25, 0.3) is 0 Å². The van der Waals surface area contributed by atoms with Crippen LogP contribution >= 0.6 is 0 Å². The van der Waals surface area contributed by atoms with Crippen LogP contribution in [-0.2, 0) is 4.79 Å². The van der Waals surface area contributed by atoms with Crippen LogP contribution in [-0.4, -0.2) is 59.1 Å². The first-order valence-corrected chi connectivity index (χ1v) is 5.30. The second kappa shape index (κ2) is 7.14. The smallest absolute Gasteiger partial charge is 0.166 e. The number of aromatic nitrogens is 2. The number of aliphatic hydroxyl groups excluding tert-OH is 1. The van der Waals surface area contributed by atoms with E-state index < -0.39 is 6.10 Å². The summed E-state index contributed by atoms with van der Waals surface area (Å²) in [6.07, 6.45) is 4.71. The predicted octanol–water partition coefficient (Wildman–Crippen LogP) is 0.442. The van der Waals surface area contributed by atoms with E-state index in [1.165, 1.54) is 0 Å². The molecule has 5 heteroatoms. The summed E-state index contributed by atoms with van der Waals surface area (Å²) in [6, 6.07) is 0. The largest absolute Gasteiger partial charge is 0.380 e. The van der Waals surface area contributed by atoms with Crippen molar-refractivity contribution in [3.05, 3.63) is 18.7 Å². The highest BCUT2D eigenvalue weighted by Gasteiger charge is 2.20. The molecule has 0 amide bonds. The molecular weight excluding hydrogens is 206 g/mol. The molecule has 1 atom stereocenters. The summed E-state index contributed by atoms with van der Waals surface area (Å²) < 4.78 is 0.618. The van der Waals surface area contributed by atoms with Crippen molar-refractivity contribution < 1.29 is 14.4 Å². The van der Waals surface area contributed by atoms with Crippen molar-refractivity contribution in [1.82, 2.24) is 9.97 Å². The van der Waals surface area contributed by atoms with Gasteiger partial charge in [-0.2, -0.15) is 0 Å². The van der Waals surface area contributed by atoms with Gasteiger partial charge >= 0.3 is 0 Å². The molecule has 0 bridgehead atoms. The van der Waals surface area contributed by atoms with E-state index in [1.54, 1.807) is 25.6 Å². The summed E-state index contributed by atoms with van der Waals surface area (Å²) in [5, 5.41) is 9.29. The average molecular weight is 228 g/mol. The molecule has 1 aromatic rings. The van der Waals surface area contributed by atoms with Crippen LogP contribution in [0.25, 0.3) is 0 Å². The van der Waals surface area contributed by atoms with Crippen molar-refractivity contribution in [3.8, 4) is 0 Å². The van der Waals surface area contributed by atoms with Gasteiger partial charge in [-0.05, 0) is 0 Å². The van der Waals surface area contributed by atoms with Crippen molar-refractivity contribution in [2.45, 2.75) is 19.4 Å². The molecule has 0 saturated carbocycles. The standard InChI is InChI=1S/C8H18NO2.C3H4N2/c1-5-7(10)8(11)6-9(2,3)4;1-2-5-3-4-1/h8,11H,5-6H2,1-4H3;1-3H,(H,4,5)/q+1;. The van der Waals surface area contributed by atoms with Gasteiger partial charge in [-0.25, -0.2) is 4.98 Å². The van der Waals surface area contributed by atoms with E-state index >= 15 is 0 Å². The van der Waals surface area contributed by atoms with E-state index in [0.717, 1.165) is 0 Å². The Morgan fingerprint density at radius 3 is 2.38 bits per heavy atom. The van der Waals surface area contributed by atoms with Gasteiger partial charge in [-0.1, -0.05) is 6.92 Å². The van der Waals surface area contributed by atoms with Gasteiger partial charge in [0, 0.05) is 18.8 Å². The summed E-state index contributed by atoms with van der Waals surface area (Å²) in [7, 11) is 5.85.